The normalized spacial score (nSPS) is 9.67. The van der Waals surface area contributed by atoms with Gasteiger partial charge < -0.3 is 0 Å². The van der Waals surface area contributed by atoms with Crippen molar-refractivity contribution in [3.05, 3.63) is 43.0 Å². The molecular formula is C12H16N2O. The van der Waals surface area contributed by atoms with Crippen molar-refractivity contribution in [1.29, 1.82) is 0 Å². The smallest absolute Gasteiger partial charge is 0.224 e. The molecule has 0 bridgehead atoms. The predicted molar refractivity (Wildman–Crippen MR) is 62.7 cm³/mol. The number of nitrogens with one attached hydrogen (secondary N) is 1. The van der Waals surface area contributed by atoms with Crippen LogP contribution in [0.1, 0.15) is 6.92 Å². The summed E-state index contributed by atoms with van der Waals surface area (Å²) < 4.78 is 0. The Morgan fingerprint density at radius 3 is 2.67 bits per heavy atom. The van der Waals surface area contributed by atoms with Crippen LogP contribution in [0.5, 0.6) is 0 Å². The van der Waals surface area contributed by atoms with E-state index in [4.69, 9.17) is 0 Å². The Balaban J connectivity index is 2.66. The number of benzene rings is 1. The minimum atomic E-state index is 0.0257. The SMILES string of the molecule is C=CCNCN(C(C)=O)c1ccccc1. The van der Waals surface area contributed by atoms with Crippen LogP contribution < -0.4 is 10.2 Å². The van der Waals surface area contributed by atoms with Crippen LogP contribution >= 0.6 is 0 Å². The van der Waals surface area contributed by atoms with Crippen LogP contribution in [0.2, 0.25) is 0 Å². The van der Waals surface area contributed by atoms with E-state index in [0.717, 1.165) is 5.69 Å². The van der Waals surface area contributed by atoms with E-state index >= 15 is 0 Å². The lowest BCUT2D eigenvalue weighted by molar-refractivity contribution is -0.116. The quantitative estimate of drug-likeness (QED) is 0.450. The molecule has 80 valence electrons. The lowest BCUT2D eigenvalue weighted by Crippen LogP contribution is -2.37. The number of carbonyl (C=O) groups excluding carboxylic acids is 1. The Morgan fingerprint density at radius 1 is 1.47 bits per heavy atom. The summed E-state index contributed by atoms with van der Waals surface area (Å²) in [5, 5.41) is 3.10. The highest BCUT2D eigenvalue weighted by atomic mass is 16.2. The first-order valence-corrected chi connectivity index (χ1v) is 4.90. The van der Waals surface area contributed by atoms with Gasteiger partial charge in [-0.1, -0.05) is 24.3 Å². The second-order valence-corrected chi connectivity index (χ2v) is 3.18. The maximum Gasteiger partial charge on any atom is 0.224 e. The van der Waals surface area contributed by atoms with Crippen LogP contribution in [0.25, 0.3) is 0 Å². The standard InChI is InChI=1S/C12H16N2O/c1-3-9-13-10-14(11(2)15)12-7-5-4-6-8-12/h3-8,13H,1,9-10H2,2H3. The first-order valence-electron chi connectivity index (χ1n) is 4.90. The Bertz CT molecular complexity index is 322. The Hall–Kier alpha value is -1.61. The highest BCUT2D eigenvalue weighted by molar-refractivity contribution is 5.91. The summed E-state index contributed by atoms with van der Waals surface area (Å²) >= 11 is 0. The molecule has 0 fully saturated rings. The summed E-state index contributed by atoms with van der Waals surface area (Å²) in [7, 11) is 0. The van der Waals surface area contributed by atoms with Crippen molar-refractivity contribution < 1.29 is 4.79 Å². The highest BCUT2D eigenvalue weighted by Gasteiger charge is 2.08. The third kappa shape index (κ3) is 3.56. The summed E-state index contributed by atoms with van der Waals surface area (Å²) in [6.45, 7) is 6.36. The number of anilines is 1. The Morgan fingerprint density at radius 2 is 2.13 bits per heavy atom. The summed E-state index contributed by atoms with van der Waals surface area (Å²) in [6.07, 6.45) is 1.77. The van der Waals surface area contributed by atoms with Gasteiger partial charge in [-0.15, -0.1) is 6.58 Å². The van der Waals surface area contributed by atoms with Gasteiger partial charge in [0.2, 0.25) is 5.91 Å². The minimum Gasteiger partial charge on any atom is -0.299 e. The van der Waals surface area contributed by atoms with Gasteiger partial charge in [0.05, 0.1) is 6.67 Å². The zero-order valence-electron chi connectivity index (χ0n) is 8.94. The molecule has 0 heterocycles. The van der Waals surface area contributed by atoms with E-state index in [-0.39, 0.29) is 5.91 Å². The van der Waals surface area contributed by atoms with Crippen molar-refractivity contribution in [1.82, 2.24) is 5.32 Å². The predicted octanol–water partition coefficient (Wildman–Crippen LogP) is 1.77. The molecule has 1 rings (SSSR count). The fraction of sp³-hybridized carbons (Fsp3) is 0.250. The number of amides is 1. The van der Waals surface area contributed by atoms with Crippen LogP contribution in [0.3, 0.4) is 0 Å². The molecule has 0 saturated heterocycles. The molecule has 1 aromatic carbocycles. The molecule has 1 aromatic rings. The van der Waals surface area contributed by atoms with Crippen LogP contribution in [0.15, 0.2) is 43.0 Å². The Kier molecular flexibility index (Phi) is 4.57. The third-order valence-corrected chi connectivity index (χ3v) is 2.01. The topological polar surface area (TPSA) is 32.3 Å². The molecule has 0 saturated carbocycles. The van der Waals surface area contributed by atoms with Gasteiger partial charge in [-0.05, 0) is 12.1 Å². The van der Waals surface area contributed by atoms with Gasteiger partial charge in [-0.25, -0.2) is 0 Å². The fourth-order valence-electron chi connectivity index (χ4n) is 1.27. The molecule has 0 aliphatic rings. The van der Waals surface area contributed by atoms with Crippen molar-refractivity contribution in [3.63, 3.8) is 0 Å². The van der Waals surface area contributed by atoms with E-state index in [1.165, 1.54) is 0 Å². The molecule has 3 heteroatoms. The Labute approximate surface area is 90.4 Å². The molecular weight excluding hydrogens is 188 g/mol. The van der Waals surface area contributed by atoms with Gasteiger partial charge in [0.1, 0.15) is 0 Å². The third-order valence-electron chi connectivity index (χ3n) is 2.01. The molecule has 0 aliphatic carbocycles. The van der Waals surface area contributed by atoms with Crippen LogP contribution in [0, 0.1) is 0 Å². The molecule has 0 unspecified atom stereocenters. The number of nitrogens with zero attached hydrogens (tertiary/aromatic N) is 1. The first-order chi connectivity index (χ1) is 7.25. The van der Waals surface area contributed by atoms with Crippen molar-refractivity contribution in [2.75, 3.05) is 18.1 Å². The van der Waals surface area contributed by atoms with Gasteiger partial charge in [0.15, 0.2) is 0 Å². The van der Waals surface area contributed by atoms with E-state index in [2.05, 4.69) is 11.9 Å². The summed E-state index contributed by atoms with van der Waals surface area (Å²) in [6, 6.07) is 9.59. The summed E-state index contributed by atoms with van der Waals surface area (Å²) in [5.74, 6) is 0.0257. The van der Waals surface area contributed by atoms with Crippen LogP contribution in [-0.2, 0) is 4.79 Å². The average Bonchev–Trinajstić information content (AvgIpc) is 2.25. The zero-order valence-corrected chi connectivity index (χ0v) is 8.94. The van der Waals surface area contributed by atoms with Crippen LogP contribution in [0.4, 0.5) is 5.69 Å². The molecule has 0 spiro atoms. The van der Waals surface area contributed by atoms with Crippen LogP contribution in [-0.4, -0.2) is 19.1 Å². The van der Waals surface area contributed by atoms with Crippen molar-refractivity contribution in [3.8, 4) is 0 Å². The van der Waals surface area contributed by atoms with E-state index in [9.17, 15) is 4.79 Å². The molecule has 0 atom stereocenters. The maximum absolute atomic E-state index is 11.4. The lowest BCUT2D eigenvalue weighted by Gasteiger charge is -2.21. The van der Waals surface area contributed by atoms with Gasteiger partial charge in [-0.2, -0.15) is 0 Å². The molecule has 0 aliphatic heterocycles. The van der Waals surface area contributed by atoms with Crippen molar-refractivity contribution >= 4 is 11.6 Å². The highest BCUT2D eigenvalue weighted by Crippen LogP contribution is 2.11. The van der Waals surface area contributed by atoms with E-state index in [1.54, 1.807) is 17.9 Å². The van der Waals surface area contributed by atoms with Gasteiger partial charge >= 0.3 is 0 Å². The molecule has 0 aromatic heterocycles. The monoisotopic (exact) mass is 204 g/mol. The molecule has 1 amide bonds. The lowest BCUT2D eigenvalue weighted by atomic mass is 10.3. The van der Waals surface area contributed by atoms with Gasteiger partial charge in [0, 0.05) is 19.2 Å². The maximum atomic E-state index is 11.4. The minimum absolute atomic E-state index is 0.0257. The van der Waals surface area contributed by atoms with E-state index < -0.39 is 0 Å². The van der Waals surface area contributed by atoms with Gasteiger partial charge in [-0.3, -0.25) is 15.0 Å². The second-order valence-electron chi connectivity index (χ2n) is 3.18. The largest absolute Gasteiger partial charge is 0.299 e. The molecule has 0 radical (unpaired) electrons. The first kappa shape index (κ1) is 11.5. The molecule has 3 nitrogen and oxygen atoms in total. The zero-order chi connectivity index (χ0) is 11.1. The van der Waals surface area contributed by atoms with E-state index in [1.807, 2.05) is 30.3 Å². The number of rotatable bonds is 5. The van der Waals surface area contributed by atoms with Crippen molar-refractivity contribution in [2.45, 2.75) is 6.92 Å². The second kappa shape index (κ2) is 5.98. The van der Waals surface area contributed by atoms with Gasteiger partial charge in [0.25, 0.3) is 0 Å². The average molecular weight is 204 g/mol. The molecule has 15 heavy (non-hydrogen) atoms. The number of hydrogen-bond donors (Lipinski definition) is 1. The number of carbonyl (C=O) groups is 1. The van der Waals surface area contributed by atoms with E-state index in [0.29, 0.717) is 13.2 Å². The van der Waals surface area contributed by atoms with Crippen molar-refractivity contribution in [2.24, 2.45) is 0 Å². The fourth-order valence-corrected chi connectivity index (χ4v) is 1.27. The number of hydrogen-bond acceptors (Lipinski definition) is 2. The summed E-state index contributed by atoms with van der Waals surface area (Å²) in [5.41, 5.74) is 0.904. The molecule has 1 N–H and O–H groups in total. The summed E-state index contributed by atoms with van der Waals surface area (Å²) in [4.78, 5) is 13.1. The number of para-hydroxylation sites is 1.